The van der Waals surface area contributed by atoms with Crippen LogP contribution in [0, 0.1) is 5.92 Å². The molecule has 1 aromatic rings. The van der Waals surface area contributed by atoms with E-state index in [1.54, 1.807) is 0 Å². The molecule has 1 aromatic carbocycles. The first-order valence-electron chi connectivity index (χ1n) is 5.49. The van der Waals surface area contributed by atoms with Crippen LogP contribution in [-0.2, 0) is 0 Å². The molecule has 1 aliphatic rings. The van der Waals surface area contributed by atoms with E-state index in [1.165, 1.54) is 19.3 Å². The topological polar surface area (TPSA) is 12.0 Å². The Kier molecular flexibility index (Phi) is 3.68. The van der Waals surface area contributed by atoms with Crippen LogP contribution >= 0.6 is 11.6 Å². The summed E-state index contributed by atoms with van der Waals surface area (Å²) in [5.74, 6) is 0.783. The molecule has 1 N–H and O–H groups in total. The lowest BCUT2D eigenvalue weighted by molar-refractivity contribution is 0.504. The summed E-state index contributed by atoms with van der Waals surface area (Å²) in [5, 5.41) is 4.24. The van der Waals surface area contributed by atoms with Gasteiger partial charge in [-0.1, -0.05) is 23.8 Å². The molecule has 0 aromatic heterocycles. The second-order valence-corrected chi connectivity index (χ2v) is 4.47. The van der Waals surface area contributed by atoms with Gasteiger partial charge < -0.3 is 5.32 Å². The normalized spacial score (nSPS) is 20.2. The Bertz CT molecular complexity index is 329. The van der Waals surface area contributed by atoms with Crippen LogP contribution in [0.1, 0.15) is 19.3 Å². The van der Waals surface area contributed by atoms with Gasteiger partial charge in [-0.2, -0.15) is 0 Å². The van der Waals surface area contributed by atoms with Crippen LogP contribution in [0.2, 0.25) is 5.02 Å². The van der Waals surface area contributed by atoms with E-state index in [-0.39, 0.29) is 0 Å². The number of hydrogen-bond acceptors (Lipinski definition) is 1. The molecular weight excluding hydrogens is 206 g/mol. The van der Waals surface area contributed by atoms with E-state index in [9.17, 15) is 0 Å². The van der Waals surface area contributed by atoms with Gasteiger partial charge in [-0.3, -0.25) is 0 Å². The fourth-order valence-corrected chi connectivity index (χ4v) is 2.00. The molecule has 1 nitrogen and oxygen atoms in total. The van der Waals surface area contributed by atoms with Gasteiger partial charge in [-0.05, 0) is 49.4 Å². The van der Waals surface area contributed by atoms with Crippen molar-refractivity contribution in [1.82, 2.24) is 0 Å². The van der Waals surface area contributed by atoms with Gasteiger partial charge in [-0.25, -0.2) is 0 Å². The summed E-state index contributed by atoms with van der Waals surface area (Å²) in [6, 6.07) is 7.90. The Morgan fingerprint density at radius 3 is 2.67 bits per heavy atom. The average molecular weight is 222 g/mol. The molecule has 1 aliphatic carbocycles. The van der Waals surface area contributed by atoms with Crippen molar-refractivity contribution in [2.24, 2.45) is 5.92 Å². The molecule has 0 radical (unpaired) electrons. The maximum Gasteiger partial charge on any atom is 0.0407 e. The molecule has 0 heterocycles. The van der Waals surface area contributed by atoms with Crippen LogP contribution in [0.15, 0.2) is 36.4 Å². The summed E-state index contributed by atoms with van der Waals surface area (Å²) in [5.41, 5.74) is 1.16. The van der Waals surface area contributed by atoms with Gasteiger partial charge in [-0.15, -0.1) is 0 Å². The molecule has 0 fully saturated rings. The third-order valence-corrected chi connectivity index (χ3v) is 3.07. The summed E-state index contributed by atoms with van der Waals surface area (Å²) < 4.78 is 0. The summed E-state index contributed by atoms with van der Waals surface area (Å²) in [4.78, 5) is 0. The van der Waals surface area contributed by atoms with Crippen LogP contribution < -0.4 is 5.32 Å². The van der Waals surface area contributed by atoms with Crippen LogP contribution in [0.25, 0.3) is 0 Å². The van der Waals surface area contributed by atoms with E-state index in [0.29, 0.717) is 0 Å². The van der Waals surface area contributed by atoms with Gasteiger partial charge in [0.1, 0.15) is 0 Å². The summed E-state index contributed by atoms with van der Waals surface area (Å²) in [6.07, 6.45) is 8.31. The average Bonchev–Trinajstić information content (AvgIpc) is 2.30. The Hall–Kier alpha value is -0.950. The van der Waals surface area contributed by atoms with Crippen LogP contribution in [0.5, 0.6) is 0 Å². The lowest BCUT2D eigenvalue weighted by atomic mass is 9.94. The Morgan fingerprint density at radius 2 is 2.00 bits per heavy atom. The lowest BCUT2D eigenvalue weighted by Crippen LogP contribution is -2.15. The SMILES string of the molecule is Clc1ccc(NC[C@H]2CC=CCC2)cc1. The van der Waals surface area contributed by atoms with Crippen molar-refractivity contribution in [3.8, 4) is 0 Å². The minimum absolute atomic E-state index is 0.783. The first-order valence-corrected chi connectivity index (χ1v) is 5.87. The van der Waals surface area contributed by atoms with E-state index >= 15 is 0 Å². The van der Waals surface area contributed by atoms with Crippen molar-refractivity contribution in [1.29, 1.82) is 0 Å². The molecule has 0 aliphatic heterocycles. The Morgan fingerprint density at radius 1 is 1.20 bits per heavy atom. The fourth-order valence-electron chi connectivity index (χ4n) is 1.87. The number of nitrogens with one attached hydrogen (secondary N) is 1. The van der Waals surface area contributed by atoms with E-state index in [0.717, 1.165) is 23.2 Å². The van der Waals surface area contributed by atoms with E-state index < -0.39 is 0 Å². The molecule has 15 heavy (non-hydrogen) atoms. The summed E-state index contributed by atoms with van der Waals surface area (Å²) in [6.45, 7) is 1.06. The maximum atomic E-state index is 5.82. The van der Waals surface area contributed by atoms with Crippen molar-refractivity contribution in [2.45, 2.75) is 19.3 Å². The standard InChI is InChI=1S/C13H16ClN/c14-12-6-8-13(9-7-12)15-10-11-4-2-1-3-5-11/h1-2,6-9,11,15H,3-5,10H2/t11-/m0/s1. The molecule has 0 bridgehead atoms. The van der Waals surface area contributed by atoms with Gasteiger partial charge in [0.15, 0.2) is 0 Å². The molecular formula is C13H16ClN. The first kappa shape index (κ1) is 10.6. The first-order chi connectivity index (χ1) is 7.34. The minimum atomic E-state index is 0.783. The van der Waals surface area contributed by atoms with Crippen molar-refractivity contribution >= 4 is 17.3 Å². The maximum absolute atomic E-state index is 5.82. The minimum Gasteiger partial charge on any atom is -0.385 e. The number of allylic oxidation sites excluding steroid dienone is 2. The van der Waals surface area contributed by atoms with Gasteiger partial charge in [0.2, 0.25) is 0 Å². The van der Waals surface area contributed by atoms with Crippen LogP contribution in [-0.4, -0.2) is 6.54 Å². The molecule has 0 spiro atoms. The quantitative estimate of drug-likeness (QED) is 0.758. The Labute approximate surface area is 96.1 Å². The fraction of sp³-hybridized carbons (Fsp3) is 0.385. The predicted molar refractivity (Wildman–Crippen MR) is 66.4 cm³/mol. The molecule has 0 saturated carbocycles. The molecule has 2 heteroatoms. The smallest absolute Gasteiger partial charge is 0.0407 e. The van der Waals surface area contributed by atoms with Crippen LogP contribution in [0.3, 0.4) is 0 Å². The monoisotopic (exact) mass is 221 g/mol. The third-order valence-electron chi connectivity index (χ3n) is 2.82. The molecule has 1 atom stereocenters. The van der Waals surface area contributed by atoms with E-state index in [1.807, 2.05) is 24.3 Å². The number of halogens is 1. The second kappa shape index (κ2) is 5.22. The summed E-state index contributed by atoms with van der Waals surface area (Å²) in [7, 11) is 0. The molecule has 0 saturated heterocycles. The number of rotatable bonds is 3. The van der Waals surface area contributed by atoms with E-state index in [2.05, 4.69) is 17.5 Å². The molecule has 80 valence electrons. The van der Waals surface area contributed by atoms with Crippen LogP contribution in [0.4, 0.5) is 5.69 Å². The number of anilines is 1. The largest absolute Gasteiger partial charge is 0.385 e. The van der Waals surface area contributed by atoms with Crippen molar-refractivity contribution in [3.63, 3.8) is 0 Å². The van der Waals surface area contributed by atoms with Gasteiger partial charge in [0, 0.05) is 17.3 Å². The zero-order valence-corrected chi connectivity index (χ0v) is 9.50. The zero-order chi connectivity index (χ0) is 10.5. The predicted octanol–water partition coefficient (Wildman–Crippen LogP) is 4.11. The van der Waals surface area contributed by atoms with Gasteiger partial charge >= 0.3 is 0 Å². The zero-order valence-electron chi connectivity index (χ0n) is 8.75. The van der Waals surface area contributed by atoms with Gasteiger partial charge in [0.25, 0.3) is 0 Å². The Balaban J connectivity index is 1.82. The van der Waals surface area contributed by atoms with Crippen molar-refractivity contribution < 1.29 is 0 Å². The van der Waals surface area contributed by atoms with Gasteiger partial charge in [0.05, 0.1) is 0 Å². The highest BCUT2D eigenvalue weighted by atomic mass is 35.5. The molecule has 0 amide bonds. The molecule has 0 unspecified atom stereocenters. The number of benzene rings is 1. The van der Waals surface area contributed by atoms with E-state index in [4.69, 9.17) is 11.6 Å². The number of hydrogen-bond donors (Lipinski definition) is 1. The highest BCUT2D eigenvalue weighted by Crippen LogP contribution is 2.19. The highest BCUT2D eigenvalue weighted by molar-refractivity contribution is 6.30. The lowest BCUT2D eigenvalue weighted by Gasteiger charge is -2.18. The van der Waals surface area contributed by atoms with Crippen molar-refractivity contribution in [2.75, 3.05) is 11.9 Å². The van der Waals surface area contributed by atoms with Crippen molar-refractivity contribution in [3.05, 3.63) is 41.4 Å². The summed E-state index contributed by atoms with van der Waals surface area (Å²) >= 11 is 5.82. The third kappa shape index (κ3) is 3.28. The molecule has 2 rings (SSSR count). The highest BCUT2D eigenvalue weighted by Gasteiger charge is 2.08. The second-order valence-electron chi connectivity index (χ2n) is 4.04.